The molecule has 6 nitrogen and oxygen atoms in total. The van der Waals surface area contributed by atoms with E-state index in [9.17, 15) is 4.79 Å². The topological polar surface area (TPSA) is 69.0 Å². The van der Waals surface area contributed by atoms with E-state index in [1.807, 2.05) is 49.0 Å². The summed E-state index contributed by atoms with van der Waals surface area (Å²) in [5.74, 6) is -0.107. The first kappa shape index (κ1) is 21.7. The highest BCUT2D eigenvalue weighted by atomic mass is 16.5. The number of rotatable bonds is 7. The molecule has 2 aromatic heterocycles. The number of carbonyl (C=O) groups excluding carboxylic acids is 1. The average molecular weight is 429 g/mol. The molecule has 32 heavy (non-hydrogen) atoms. The van der Waals surface area contributed by atoms with E-state index in [0.717, 1.165) is 45.5 Å². The van der Waals surface area contributed by atoms with Gasteiger partial charge in [0, 0.05) is 31.2 Å². The third-order valence-electron chi connectivity index (χ3n) is 5.58. The molecule has 0 aliphatic rings. The summed E-state index contributed by atoms with van der Waals surface area (Å²) >= 11 is 0. The van der Waals surface area contributed by atoms with E-state index in [2.05, 4.69) is 41.6 Å². The second kappa shape index (κ2) is 9.32. The molecule has 0 radical (unpaired) electrons. The number of ether oxygens (including phenoxy) is 1. The third-order valence-corrected chi connectivity index (χ3v) is 5.58. The van der Waals surface area contributed by atoms with E-state index in [1.54, 1.807) is 7.11 Å². The van der Waals surface area contributed by atoms with Crippen molar-refractivity contribution in [1.82, 2.24) is 20.1 Å². The van der Waals surface area contributed by atoms with Gasteiger partial charge < -0.3 is 10.1 Å². The first-order chi connectivity index (χ1) is 15.5. The van der Waals surface area contributed by atoms with Gasteiger partial charge in [0.15, 0.2) is 0 Å². The zero-order valence-electron chi connectivity index (χ0n) is 19.0. The zero-order valence-corrected chi connectivity index (χ0v) is 19.0. The summed E-state index contributed by atoms with van der Waals surface area (Å²) in [6.07, 6.45) is 2.58. The van der Waals surface area contributed by atoms with Crippen LogP contribution in [0.15, 0.2) is 54.7 Å². The van der Waals surface area contributed by atoms with E-state index in [1.165, 1.54) is 5.56 Å². The second-order valence-corrected chi connectivity index (χ2v) is 8.07. The highest BCUT2D eigenvalue weighted by molar-refractivity contribution is 6.07. The maximum atomic E-state index is 13.1. The molecule has 0 saturated heterocycles. The molecule has 0 saturated carbocycles. The van der Waals surface area contributed by atoms with Crippen molar-refractivity contribution < 1.29 is 9.53 Å². The van der Waals surface area contributed by atoms with Gasteiger partial charge in [0.05, 0.1) is 34.4 Å². The summed E-state index contributed by atoms with van der Waals surface area (Å²) in [6, 6.07) is 16.1. The van der Waals surface area contributed by atoms with Crippen molar-refractivity contribution in [1.29, 1.82) is 0 Å². The second-order valence-electron chi connectivity index (χ2n) is 8.07. The number of nitrogens with one attached hydrogen (secondary N) is 1. The molecule has 0 bridgehead atoms. The van der Waals surface area contributed by atoms with Gasteiger partial charge in [-0.05, 0) is 57.5 Å². The quantitative estimate of drug-likeness (QED) is 0.430. The molecule has 1 N–H and O–H groups in total. The molecule has 0 fully saturated rings. The van der Waals surface area contributed by atoms with Crippen LogP contribution in [-0.2, 0) is 4.74 Å². The number of hydrogen-bond acceptors (Lipinski definition) is 4. The van der Waals surface area contributed by atoms with Crippen molar-refractivity contribution in [2.75, 3.05) is 20.3 Å². The van der Waals surface area contributed by atoms with Crippen LogP contribution < -0.4 is 5.32 Å². The lowest BCUT2D eigenvalue weighted by atomic mass is 10.0. The maximum Gasteiger partial charge on any atom is 0.252 e. The lowest BCUT2D eigenvalue weighted by Crippen LogP contribution is -2.25. The Labute approximate surface area is 188 Å². The van der Waals surface area contributed by atoms with Crippen LogP contribution in [0.5, 0.6) is 0 Å². The molecular formula is C26H28N4O2. The van der Waals surface area contributed by atoms with Crippen molar-refractivity contribution in [3.8, 4) is 16.9 Å². The van der Waals surface area contributed by atoms with Crippen molar-refractivity contribution in [3.63, 3.8) is 0 Å². The Morgan fingerprint density at radius 1 is 1.03 bits per heavy atom. The minimum Gasteiger partial charge on any atom is -0.385 e. The van der Waals surface area contributed by atoms with Crippen LogP contribution in [0.3, 0.4) is 0 Å². The van der Waals surface area contributed by atoms with Crippen LogP contribution in [0.2, 0.25) is 0 Å². The van der Waals surface area contributed by atoms with Gasteiger partial charge in [-0.3, -0.25) is 4.79 Å². The number of amides is 1. The van der Waals surface area contributed by atoms with Gasteiger partial charge in [-0.25, -0.2) is 9.67 Å². The summed E-state index contributed by atoms with van der Waals surface area (Å²) in [5, 5.41) is 8.45. The van der Waals surface area contributed by atoms with Crippen molar-refractivity contribution in [2.24, 2.45) is 0 Å². The lowest BCUT2D eigenvalue weighted by Gasteiger charge is -2.11. The van der Waals surface area contributed by atoms with Gasteiger partial charge in [-0.2, -0.15) is 5.10 Å². The Balaban J connectivity index is 1.76. The number of aromatic nitrogens is 3. The molecule has 0 unspecified atom stereocenters. The highest BCUT2D eigenvalue weighted by Gasteiger charge is 2.17. The first-order valence-corrected chi connectivity index (χ1v) is 10.8. The van der Waals surface area contributed by atoms with Crippen LogP contribution in [0.1, 0.15) is 33.6 Å². The predicted octanol–water partition coefficient (Wildman–Crippen LogP) is 4.78. The van der Waals surface area contributed by atoms with E-state index in [4.69, 9.17) is 9.72 Å². The van der Waals surface area contributed by atoms with Crippen LogP contribution >= 0.6 is 0 Å². The fourth-order valence-corrected chi connectivity index (χ4v) is 3.79. The molecule has 0 aliphatic heterocycles. The molecule has 6 heteroatoms. The van der Waals surface area contributed by atoms with Gasteiger partial charge >= 0.3 is 0 Å². The first-order valence-electron chi connectivity index (χ1n) is 10.8. The van der Waals surface area contributed by atoms with Crippen LogP contribution in [0.25, 0.3) is 27.8 Å². The molecule has 0 aliphatic carbocycles. The SMILES string of the molecule is COCCCNC(=O)c1cc(-c2cnn(-c3ccc(C)cc3)c2C)nc2ccc(C)cc12. The Bertz CT molecular complexity index is 1260. The van der Waals surface area contributed by atoms with E-state index in [0.29, 0.717) is 18.7 Å². The zero-order chi connectivity index (χ0) is 22.7. The van der Waals surface area contributed by atoms with E-state index in [-0.39, 0.29) is 5.91 Å². The number of benzene rings is 2. The molecule has 4 aromatic rings. The fraction of sp³-hybridized carbons (Fsp3) is 0.269. The van der Waals surface area contributed by atoms with Gasteiger partial charge in [-0.15, -0.1) is 0 Å². The van der Waals surface area contributed by atoms with Crippen molar-refractivity contribution in [2.45, 2.75) is 27.2 Å². The Morgan fingerprint density at radius 2 is 1.78 bits per heavy atom. The summed E-state index contributed by atoms with van der Waals surface area (Å²) < 4.78 is 6.98. The monoisotopic (exact) mass is 428 g/mol. The smallest absolute Gasteiger partial charge is 0.252 e. The average Bonchev–Trinajstić information content (AvgIpc) is 3.17. The van der Waals surface area contributed by atoms with Crippen LogP contribution in [0.4, 0.5) is 0 Å². The molecule has 4 rings (SSSR count). The van der Waals surface area contributed by atoms with Gasteiger partial charge in [-0.1, -0.05) is 29.3 Å². The predicted molar refractivity (Wildman–Crippen MR) is 127 cm³/mol. The van der Waals surface area contributed by atoms with Gasteiger partial charge in [0.25, 0.3) is 5.91 Å². The maximum absolute atomic E-state index is 13.1. The largest absolute Gasteiger partial charge is 0.385 e. The summed E-state index contributed by atoms with van der Waals surface area (Å²) in [6.45, 7) is 7.27. The third kappa shape index (κ3) is 4.41. The summed E-state index contributed by atoms with van der Waals surface area (Å²) in [4.78, 5) is 17.9. The molecule has 0 spiro atoms. The van der Waals surface area contributed by atoms with Crippen molar-refractivity contribution >= 4 is 16.8 Å². The molecular weight excluding hydrogens is 400 g/mol. The van der Waals surface area contributed by atoms with E-state index >= 15 is 0 Å². The van der Waals surface area contributed by atoms with Crippen molar-refractivity contribution in [3.05, 3.63) is 77.1 Å². The Kier molecular flexibility index (Phi) is 6.32. The molecule has 2 heterocycles. The summed E-state index contributed by atoms with van der Waals surface area (Å²) in [5.41, 5.74) is 7.30. The minimum absolute atomic E-state index is 0.107. The number of hydrogen-bond donors (Lipinski definition) is 1. The minimum atomic E-state index is -0.107. The van der Waals surface area contributed by atoms with E-state index < -0.39 is 0 Å². The number of aryl methyl sites for hydroxylation is 2. The van der Waals surface area contributed by atoms with Gasteiger partial charge in [0.2, 0.25) is 0 Å². The number of pyridine rings is 1. The Morgan fingerprint density at radius 3 is 2.53 bits per heavy atom. The Hall–Kier alpha value is -3.51. The highest BCUT2D eigenvalue weighted by Crippen LogP contribution is 2.29. The fourth-order valence-electron chi connectivity index (χ4n) is 3.79. The van der Waals surface area contributed by atoms with Gasteiger partial charge in [0.1, 0.15) is 0 Å². The molecule has 0 atom stereocenters. The number of nitrogens with zero attached hydrogens (tertiary/aromatic N) is 3. The van der Waals surface area contributed by atoms with Crippen LogP contribution in [0, 0.1) is 20.8 Å². The lowest BCUT2D eigenvalue weighted by molar-refractivity contribution is 0.0950. The molecule has 164 valence electrons. The normalized spacial score (nSPS) is 11.1. The van der Waals surface area contributed by atoms with Crippen LogP contribution in [-0.4, -0.2) is 40.9 Å². The standard InChI is InChI=1S/C26H28N4O2/c1-17-6-9-20(10-7-17)30-19(3)23(16-28-30)25-15-22(26(31)27-12-5-13-32-4)21-14-18(2)8-11-24(21)29-25/h6-11,14-16H,5,12-13H2,1-4H3,(H,27,31). The number of methoxy groups -OCH3 is 1. The summed E-state index contributed by atoms with van der Waals surface area (Å²) in [7, 11) is 1.66. The molecule has 2 aromatic carbocycles. The number of carbonyl (C=O) groups is 1. The molecule has 1 amide bonds. The number of fused-ring (bicyclic) bond motifs is 1.